The molecule has 0 aliphatic carbocycles. The van der Waals surface area contributed by atoms with Gasteiger partial charge in [0, 0.05) is 12.1 Å². The van der Waals surface area contributed by atoms with Gasteiger partial charge in [-0.3, -0.25) is 15.0 Å². The molecule has 1 atom stereocenters. The van der Waals surface area contributed by atoms with Crippen LogP contribution >= 0.6 is 0 Å². The molecule has 0 heterocycles. The van der Waals surface area contributed by atoms with Gasteiger partial charge in [0.15, 0.2) is 0 Å². The summed E-state index contributed by atoms with van der Waals surface area (Å²) in [5, 5.41) is 12.6. The van der Waals surface area contributed by atoms with Gasteiger partial charge in [-0.1, -0.05) is 97.1 Å². The second-order valence-electron chi connectivity index (χ2n) is 8.57. The number of nitrogen functional groups attached to an aromatic ring is 1. The molecule has 38 heavy (non-hydrogen) atoms. The minimum atomic E-state index is -3.84. The van der Waals surface area contributed by atoms with Crippen LogP contribution < -0.4 is 21.1 Å². The quantitative estimate of drug-likeness (QED) is 0.168. The zero-order valence-electron chi connectivity index (χ0n) is 20.8. The minimum Gasteiger partial charge on any atom is -0.384 e. The van der Waals surface area contributed by atoms with Crippen molar-refractivity contribution in [2.24, 2.45) is 5.73 Å². The molecule has 0 spiro atoms. The summed E-state index contributed by atoms with van der Waals surface area (Å²) in [7, 11) is -3.84. The van der Waals surface area contributed by atoms with E-state index in [2.05, 4.69) is 15.4 Å². The fourth-order valence-corrected chi connectivity index (χ4v) is 4.87. The van der Waals surface area contributed by atoms with E-state index in [0.717, 1.165) is 11.1 Å². The summed E-state index contributed by atoms with van der Waals surface area (Å²) in [6, 6.07) is 23.8. The lowest BCUT2D eigenvalue weighted by atomic mass is 10.1. The first kappa shape index (κ1) is 28.3. The second-order valence-corrected chi connectivity index (χ2v) is 10.3. The molecular formula is C28H31N5O4S. The summed E-state index contributed by atoms with van der Waals surface area (Å²) < 4.78 is 28.1. The molecule has 0 fully saturated rings. The molecule has 9 nitrogen and oxygen atoms in total. The third-order valence-electron chi connectivity index (χ3n) is 5.50. The summed E-state index contributed by atoms with van der Waals surface area (Å²) in [6.45, 7) is -0.0937. The van der Waals surface area contributed by atoms with E-state index in [4.69, 9.17) is 11.1 Å². The summed E-state index contributed by atoms with van der Waals surface area (Å²) >= 11 is 0. The predicted molar refractivity (Wildman–Crippen MR) is 148 cm³/mol. The van der Waals surface area contributed by atoms with Gasteiger partial charge in [-0.2, -0.15) is 0 Å². The molecule has 0 unspecified atom stereocenters. The first-order chi connectivity index (χ1) is 18.2. The summed E-state index contributed by atoms with van der Waals surface area (Å²) in [6.07, 6.45) is 3.62. The van der Waals surface area contributed by atoms with Crippen molar-refractivity contribution >= 4 is 33.7 Å². The highest BCUT2D eigenvalue weighted by atomic mass is 32.2. The standard InChI is InChI=1S/C28H31N5O4S/c29-27(30)24-16-14-22(15-17-24)18-31-26(34)19-32-28(35)25(13-7-12-21-8-3-1-4-9-21)33-38(36,37)20-23-10-5-2-6-11-23/h1-12,14-17,25,33H,13,18-20H2,(H3,29,30)(H,31,34)(H,32,35)/b12-7+/t25-/m1/s1. The maximum absolute atomic E-state index is 12.9. The number of hydrogen-bond donors (Lipinski definition) is 5. The lowest BCUT2D eigenvalue weighted by molar-refractivity contribution is -0.127. The minimum absolute atomic E-state index is 0.0455. The second kappa shape index (κ2) is 13.9. The highest BCUT2D eigenvalue weighted by Gasteiger charge is 2.24. The average molecular weight is 534 g/mol. The molecule has 198 valence electrons. The predicted octanol–water partition coefficient (Wildman–Crippen LogP) is 2.29. The van der Waals surface area contributed by atoms with Gasteiger partial charge in [0.1, 0.15) is 11.9 Å². The van der Waals surface area contributed by atoms with E-state index in [1.165, 1.54) is 0 Å². The van der Waals surface area contributed by atoms with E-state index in [0.29, 0.717) is 11.1 Å². The third-order valence-corrected chi connectivity index (χ3v) is 6.85. The maximum Gasteiger partial charge on any atom is 0.239 e. The number of amidine groups is 1. The molecule has 3 rings (SSSR count). The number of nitrogens with one attached hydrogen (secondary N) is 4. The Morgan fingerprint density at radius 3 is 2.13 bits per heavy atom. The number of nitrogens with two attached hydrogens (primary N) is 1. The normalized spacial score (nSPS) is 12.1. The molecular weight excluding hydrogens is 502 g/mol. The average Bonchev–Trinajstić information content (AvgIpc) is 2.91. The summed E-state index contributed by atoms with van der Waals surface area (Å²) in [4.78, 5) is 25.2. The van der Waals surface area contributed by atoms with E-state index in [-0.39, 0.29) is 31.1 Å². The maximum atomic E-state index is 12.9. The zero-order chi connectivity index (χ0) is 27.4. The van der Waals surface area contributed by atoms with Crippen LogP contribution in [0.5, 0.6) is 0 Å². The molecule has 0 saturated heterocycles. The van der Waals surface area contributed by atoms with Crippen LogP contribution in [-0.4, -0.2) is 38.7 Å². The van der Waals surface area contributed by atoms with Gasteiger partial charge in [0.25, 0.3) is 0 Å². The van der Waals surface area contributed by atoms with Crippen LogP contribution in [0.25, 0.3) is 6.08 Å². The number of sulfonamides is 1. The Morgan fingerprint density at radius 1 is 0.868 bits per heavy atom. The van der Waals surface area contributed by atoms with Crippen molar-refractivity contribution in [3.63, 3.8) is 0 Å². The van der Waals surface area contributed by atoms with E-state index >= 15 is 0 Å². The van der Waals surface area contributed by atoms with Crippen molar-refractivity contribution in [3.8, 4) is 0 Å². The number of carbonyl (C=O) groups is 2. The van der Waals surface area contributed by atoms with Crippen molar-refractivity contribution in [2.45, 2.75) is 24.8 Å². The van der Waals surface area contributed by atoms with Crippen molar-refractivity contribution in [1.82, 2.24) is 15.4 Å². The van der Waals surface area contributed by atoms with Crippen LogP contribution in [0.15, 0.2) is 91.0 Å². The van der Waals surface area contributed by atoms with Crippen LogP contribution in [-0.2, 0) is 31.9 Å². The van der Waals surface area contributed by atoms with Gasteiger partial charge in [0.2, 0.25) is 21.8 Å². The highest BCUT2D eigenvalue weighted by Crippen LogP contribution is 2.08. The molecule has 0 radical (unpaired) electrons. The first-order valence-electron chi connectivity index (χ1n) is 11.9. The van der Waals surface area contributed by atoms with Crippen LogP contribution in [0, 0.1) is 5.41 Å². The summed E-state index contributed by atoms with van der Waals surface area (Å²) in [5.74, 6) is -1.36. The molecule has 0 aliphatic rings. The number of carbonyl (C=O) groups excluding carboxylic acids is 2. The number of amides is 2. The Kier molecular flexibility index (Phi) is 10.3. The van der Waals surface area contributed by atoms with Gasteiger partial charge in [-0.15, -0.1) is 0 Å². The van der Waals surface area contributed by atoms with E-state index in [1.54, 1.807) is 66.7 Å². The topological polar surface area (TPSA) is 154 Å². The Hall–Kier alpha value is -4.28. The Labute approximate surface area is 222 Å². The lowest BCUT2D eigenvalue weighted by Gasteiger charge is -2.17. The van der Waals surface area contributed by atoms with Gasteiger partial charge >= 0.3 is 0 Å². The van der Waals surface area contributed by atoms with Gasteiger partial charge in [-0.25, -0.2) is 13.1 Å². The SMILES string of the molecule is N=C(N)c1ccc(CNC(=O)CNC(=O)[C@@H](C/C=C/c2ccccc2)NS(=O)(=O)Cc2ccccc2)cc1. The fourth-order valence-electron chi connectivity index (χ4n) is 3.52. The number of rotatable bonds is 13. The van der Waals surface area contributed by atoms with Crippen LogP contribution in [0.1, 0.15) is 28.7 Å². The Balaban J connectivity index is 1.59. The monoisotopic (exact) mass is 533 g/mol. The van der Waals surface area contributed by atoms with Crippen molar-refractivity contribution in [3.05, 3.63) is 113 Å². The molecule has 0 bridgehead atoms. The number of hydrogen-bond acceptors (Lipinski definition) is 5. The van der Waals surface area contributed by atoms with Crippen LogP contribution in [0.2, 0.25) is 0 Å². The van der Waals surface area contributed by atoms with Crippen LogP contribution in [0.3, 0.4) is 0 Å². The molecule has 0 aliphatic heterocycles. The molecule has 6 N–H and O–H groups in total. The molecule has 10 heteroatoms. The third kappa shape index (κ3) is 9.64. The van der Waals surface area contributed by atoms with Crippen molar-refractivity contribution in [2.75, 3.05) is 6.54 Å². The van der Waals surface area contributed by atoms with E-state index < -0.39 is 27.9 Å². The fraction of sp³-hybridized carbons (Fsp3) is 0.179. The molecule has 0 aromatic heterocycles. The van der Waals surface area contributed by atoms with Crippen molar-refractivity contribution in [1.29, 1.82) is 5.41 Å². The highest BCUT2D eigenvalue weighted by molar-refractivity contribution is 7.88. The van der Waals surface area contributed by atoms with E-state index in [1.807, 2.05) is 30.3 Å². The Bertz CT molecular complexity index is 1360. The van der Waals surface area contributed by atoms with Gasteiger partial charge in [-0.05, 0) is 23.1 Å². The molecule has 3 aromatic rings. The first-order valence-corrected chi connectivity index (χ1v) is 13.6. The van der Waals surface area contributed by atoms with Crippen LogP contribution in [0.4, 0.5) is 0 Å². The number of benzene rings is 3. The Morgan fingerprint density at radius 2 is 1.50 bits per heavy atom. The smallest absolute Gasteiger partial charge is 0.239 e. The largest absolute Gasteiger partial charge is 0.384 e. The molecule has 2 amide bonds. The zero-order valence-corrected chi connectivity index (χ0v) is 21.6. The van der Waals surface area contributed by atoms with Gasteiger partial charge in [0.05, 0.1) is 12.3 Å². The molecule has 0 saturated carbocycles. The van der Waals surface area contributed by atoms with Crippen molar-refractivity contribution < 1.29 is 18.0 Å². The summed E-state index contributed by atoms with van der Waals surface area (Å²) in [5.41, 5.74) is 8.32. The molecule has 3 aromatic carbocycles. The lowest BCUT2D eigenvalue weighted by Crippen LogP contribution is -2.48. The van der Waals surface area contributed by atoms with Gasteiger partial charge < -0.3 is 16.4 Å². The van der Waals surface area contributed by atoms with E-state index in [9.17, 15) is 18.0 Å².